The zero-order chi connectivity index (χ0) is 15.6. The van der Waals surface area contributed by atoms with E-state index in [1.54, 1.807) is 19.1 Å². The molecule has 0 atom stereocenters. The molecule has 0 aliphatic rings. The maximum absolute atomic E-state index is 11.2. The first kappa shape index (κ1) is 14.3. The van der Waals surface area contributed by atoms with Crippen molar-refractivity contribution in [1.29, 1.82) is 0 Å². The highest BCUT2D eigenvalue weighted by molar-refractivity contribution is 5.91. The van der Waals surface area contributed by atoms with Gasteiger partial charge in [0.05, 0.1) is 4.92 Å². The van der Waals surface area contributed by atoms with Crippen molar-refractivity contribution in [3.05, 3.63) is 51.6 Å². The number of pyridine rings is 1. The number of nitrogens with zero attached hydrogens (tertiary/aromatic N) is 2. The first-order valence-corrected chi connectivity index (χ1v) is 5.82. The zero-order valence-corrected chi connectivity index (χ0v) is 10.9. The predicted octanol–water partition coefficient (Wildman–Crippen LogP) is 2.37. The van der Waals surface area contributed by atoms with E-state index < -0.39 is 10.9 Å². The molecule has 1 aromatic heterocycles. The molecule has 0 saturated heterocycles. The summed E-state index contributed by atoms with van der Waals surface area (Å²) in [5, 5.41) is 19.8. The molecule has 1 heterocycles. The number of rotatable bonds is 4. The lowest BCUT2D eigenvalue weighted by Gasteiger charge is -2.11. The molecular formula is C13H11N3O5. The fraction of sp³-hybridized carbons (Fsp3) is 0.0769. The van der Waals surface area contributed by atoms with Gasteiger partial charge in [-0.1, -0.05) is 12.1 Å². The SMILES string of the molecule is Cc1cccc(C(=O)O)c1Oc1ccc([N+](=O)[O-])c(N)n1. The van der Waals surface area contributed by atoms with Crippen LogP contribution in [-0.2, 0) is 0 Å². The minimum atomic E-state index is -1.15. The highest BCUT2D eigenvalue weighted by atomic mass is 16.6. The Balaban J connectivity index is 2.41. The van der Waals surface area contributed by atoms with Gasteiger partial charge in [0, 0.05) is 12.1 Å². The maximum Gasteiger partial charge on any atom is 0.339 e. The van der Waals surface area contributed by atoms with Crippen molar-refractivity contribution < 1.29 is 19.6 Å². The Hall–Kier alpha value is -3.16. The molecule has 0 fully saturated rings. The lowest BCUT2D eigenvalue weighted by Crippen LogP contribution is -2.04. The molecule has 2 rings (SSSR count). The number of nitrogen functional groups attached to an aromatic ring is 1. The number of hydrogen-bond donors (Lipinski definition) is 2. The number of anilines is 1. The first-order valence-electron chi connectivity index (χ1n) is 5.82. The van der Waals surface area contributed by atoms with Gasteiger partial charge >= 0.3 is 11.7 Å². The monoisotopic (exact) mass is 289 g/mol. The third-order valence-corrected chi connectivity index (χ3v) is 2.72. The third kappa shape index (κ3) is 2.89. The number of carbonyl (C=O) groups is 1. The van der Waals surface area contributed by atoms with Crippen LogP contribution in [0.4, 0.5) is 11.5 Å². The molecule has 0 aliphatic heterocycles. The van der Waals surface area contributed by atoms with Crippen LogP contribution in [0.25, 0.3) is 0 Å². The van der Waals surface area contributed by atoms with Crippen molar-refractivity contribution in [2.24, 2.45) is 0 Å². The number of carboxylic acid groups (broad SMARTS) is 1. The average Bonchev–Trinajstić information content (AvgIpc) is 2.40. The van der Waals surface area contributed by atoms with Crippen molar-refractivity contribution in [2.45, 2.75) is 6.92 Å². The number of aryl methyl sites for hydroxylation is 1. The van der Waals surface area contributed by atoms with E-state index in [-0.39, 0.29) is 28.7 Å². The van der Waals surface area contributed by atoms with E-state index in [2.05, 4.69) is 4.98 Å². The van der Waals surface area contributed by atoms with Gasteiger partial charge in [0.2, 0.25) is 11.7 Å². The van der Waals surface area contributed by atoms with E-state index >= 15 is 0 Å². The summed E-state index contributed by atoms with van der Waals surface area (Å²) in [5.41, 5.74) is 5.68. The molecule has 0 bridgehead atoms. The highest BCUT2D eigenvalue weighted by Crippen LogP contribution is 2.30. The summed E-state index contributed by atoms with van der Waals surface area (Å²) < 4.78 is 5.42. The fourth-order valence-corrected chi connectivity index (χ4v) is 1.72. The van der Waals surface area contributed by atoms with Crippen LogP contribution in [0.15, 0.2) is 30.3 Å². The number of aromatic carboxylic acids is 1. The van der Waals surface area contributed by atoms with Gasteiger partial charge in [-0.3, -0.25) is 10.1 Å². The molecule has 108 valence electrons. The second-order valence-corrected chi connectivity index (χ2v) is 4.17. The van der Waals surface area contributed by atoms with Crippen molar-refractivity contribution in [2.75, 3.05) is 5.73 Å². The number of para-hydroxylation sites is 1. The van der Waals surface area contributed by atoms with Crippen LogP contribution in [0, 0.1) is 17.0 Å². The van der Waals surface area contributed by atoms with Crippen LogP contribution in [0.5, 0.6) is 11.6 Å². The number of nitro groups is 1. The van der Waals surface area contributed by atoms with Gasteiger partial charge in [-0.2, -0.15) is 4.98 Å². The molecular weight excluding hydrogens is 278 g/mol. The lowest BCUT2D eigenvalue weighted by molar-refractivity contribution is -0.384. The molecule has 0 unspecified atom stereocenters. The average molecular weight is 289 g/mol. The Bertz CT molecular complexity index is 730. The molecule has 0 amide bonds. The number of carboxylic acids is 1. The van der Waals surface area contributed by atoms with Crippen molar-refractivity contribution >= 4 is 17.5 Å². The van der Waals surface area contributed by atoms with Gasteiger partial charge in [0.15, 0.2) is 0 Å². The molecule has 0 radical (unpaired) electrons. The molecule has 1 aromatic carbocycles. The van der Waals surface area contributed by atoms with E-state index in [1.807, 2.05) is 0 Å². The van der Waals surface area contributed by atoms with E-state index in [9.17, 15) is 14.9 Å². The van der Waals surface area contributed by atoms with Crippen LogP contribution >= 0.6 is 0 Å². The summed E-state index contributed by atoms with van der Waals surface area (Å²) in [5.74, 6) is -1.35. The number of aromatic nitrogens is 1. The van der Waals surface area contributed by atoms with E-state index in [4.69, 9.17) is 15.6 Å². The molecule has 21 heavy (non-hydrogen) atoms. The quantitative estimate of drug-likeness (QED) is 0.652. The van der Waals surface area contributed by atoms with Gasteiger partial charge in [-0.25, -0.2) is 4.79 Å². The molecule has 8 heteroatoms. The van der Waals surface area contributed by atoms with Gasteiger partial charge in [0.25, 0.3) is 0 Å². The lowest BCUT2D eigenvalue weighted by atomic mass is 10.1. The fourth-order valence-electron chi connectivity index (χ4n) is 1.72. The Labute approximate surface area is 119 Å². The number of nitrogens with two attached hydrogens (primary N) is 1. The molecule has 8 nitrogen and oxygen atoms in total. The summed E-state index contributed by atoms with van der Waals surface area (Å²) in [7, 11) is 0. The summed E-state index contributed by atoms with van der Waals surface area (Å²) in [6.07, 6.45) is 0. The van der Waals surface area contributed by atoms with Gasteiger partial charge in [0.1, 0.15) is 11.3 Å². The number of hydrogen-bond acceptors (Lipinski definition) is 6. The molecule has 0 saturated carbocycles. The smallest absolute Gasteiger partial charge is 0.339 e. The highest BCUT2D eigenvalue weighted by Gasteiger charge is 2.17. The Morgan fingerprint density at radius 3 is 2.67 bits per heavy atom. The van der Waals surface area contributed by atoms with Crippen LogP contribution in [-0.4, -0.2) is 21.0 Å². The Morgan fingerprint density at radius 2 is 2.10 bits per heavy atom. The summed E-state index contributed by atoms with van der Waals surface area (Å²) in [4.78, 5) is 24.9. The van der Waals surface area contributed by atoms with Gasteiger partial charge < -0.3 is 15.6 Å². The summed E-state index contributed by atoms with van der Waals surface area (Å²) >= 11 is 0. The summed E-state index contributed by atoms with van der Waals surface area (Å²) in [6.45, 7) is 1.68. The predicted molar refractivity (Wildman–Crippen MR) is 73.5 cm³/mol. The summed E-state index contributed by atoms with van der Waals surface area (Å²) in [6, 6.07) is 7.06. The van der Waals surface area contributed by atoms with Crippen LogP contribution < -0.4 is 10.5 Å². The Kier molecular flexibility index (Phi) is 3.70. The van der Waals surface area contributed by atoms with Crippen molar-refractivity contribution in [3.63, 3.8) is 0 Å². The first-order chi connectivity index (χ1) is 9.90. The largest absolute Gasteiger partial charge is 0.478 e. The zero-order valence-electron chi connectivity index (χ0n) is 10.9. The maximum atomic E-state index is 11.2. The van der Waals surface area contributed by atoms with Gasteiger partial charge in [-0.15, -0.1) is 0 Å². The second-order valence-electron chi connectivity index (χ2n) is 4.17. The Morgan fingerprint density at radius 1 is 1.38 bits per heavy atom. The standard InChI is InChI=1S/C13H11N3O5/c1-7-3-2-4-8(13(17)18)11(7)21-10-6-5-9(16(19)20)12(14)15-10/h2-6H,1H3,(H2,14,15)(H,17,18). The van der Waals surface area contributed by atoms with E-state index in [1.165, 1.54) is 12.1 Å². The molecule has 0 spiro atoms. The normalized spacial score (nSPS) is 10.1. The van der Waals surface area contributed by atoms with Crippen molar-refractivity contribution in [3.8, 4) is 11.6 Å². The molecule has 2 aromatic rings. The van der Waals surface area contributed by atoms with Crippen molar-refractivity contribution in [1.82, 2.24) is 4.98 Å². The topological polar surface area (TPSA) is 129 Å². The number of benzene rings is 1. The van der Waals surface area contributed by atoms with E-state index in [0.717, 1.165) is 6.07 Å². The van der Waals surface area contributed by atoms with E-state index in [0.29, 0.717) is 5.56 Å². The number of ether oxygens (including phenoxy) is 1. The van der Waals surface area contributed by atoms with Crippen LogP contribution in [0.2, 0.25) is 0 Å². The minimum absolute atomic E-state index is 0.0186. The minimum Gasteiger partial charge on any atom is -0.478 e. The molecule has 3 N–H and O–H groups in total. The third-order valence-electron chi connectivity index (χ3n) is 2.72. The van der Waals surface area contributed by atoms with Crippen LogP contribution in [0.3, 0.4) is 0 Å². The van der Waals surface area contributed by atoms with Crippen LogP contribution in [0.1, 0.15) is 15.9 Å². The second kappa shape index (κ2) is 5.45. The van der Waals surface area contributed by atoms with Gasteiger partial charge in [-0.05, 0) is 18.6 Å². The molecule has 0 aliphatic carbocycles.